The molecule has 1 amide bonds. The Labute approximate surface area is 174 Å². The number of carbonyl (C=O) groups excluding carboxylic acids is 1. The molecule has 3 rings (SSSR count). The van der Waals surface area contributed by atoms with Gasteiger partial charge in [-0.1, -0.05) is 40.9 Å². The summed E-state index contributed by atoms with van der Waals surface area (Å²) < 4.78 is 28.5. The molecule has 0 saturated heterocycles. The van der Waals surface area contributed by atoms with Gasteiger partial charge in [-0.2, -0.15) is 10.2 Å². The monoisotopic (exact) mass is 447 g/mol. The van der Waals surface area contributed by atoms with Gasteiger partial charge in [-0.25, -0.2) is 8.78 Å². The summed E-state index contributed by atoms with van der Waals surface area (Å²) in [6, 6.07) is 6.38. The maximum Gasteiger partial charge on any atom is 0.280 e. The first-order valence-electron chi connectivity index (χ1n) is 8.02. The molecule has 11 heteroatoms. The molecule has 0 atom stereocenters. The second-order valence-electron chi connectivity index (χ2n) is 5.99. The molecule has 3 aromatic rings. The number of aryl methyl sites for hydroxylation is 1. The second-order valence-corrected chi connectivity index (χ2v) is 7.21. The van der Waals surface area contributed by atoms with E-state index in [1.54, 1.807) is 25.1 Å². The van der Waals surface area contributed by atoms with Crippen molar-refractivity contribution in [2.24, 2.45) is 0 Å². The Morgan fingerprint density at radius 1 is 1.14 bits per heavy atom. The molecule has 0 aliphatic rings. The Morgan fingerprint density at radius 2 is 1.89 bits per heavy atom. The van der Waals surface area contributed by atoms with E-state index in [-0.39, 0.29) is 23.1 Å². The van der Waals surface area contributed by atoms with Gasteiger partial charge in [-0.15, -0.1) is 0 Å². The van der Waals surface area contributed by atoms with Gasteiger partial charge in [-0.05, 0) is 30.7 Å². The SMILES string of the molecule is Cc1cc(C(F)F)n(CC(=O)Nc2nn(Cc3ccc(Cl)c(Cl)c3)cc2Cl)n1. The number of carbonyl (C=O) groups is 1. The minimum Gasteiger partial charge on any atom is -0.306 e. The molecule has 2 heterocycles. The van der Waals surface area contributed by atoms with Crippen LogP contribution in [0.1, 0.15) is 23.4 Å². The smallest absolute Gasteiger partial charge is 0.280 e. The van der Waals surface area contributed by atoms with Crippen molar-refractivity contribution in [2.75, 3.05) is 5.32 Å². The Morgan fingerprint density at radius 3 is 2.57 bits per heavy atom. The van der Waals surface area contributed by atoms with Crippen molar-refractivity contribution < 1.29 is 13.6 Å². The van der Waals surface area contributed by atoms with Gasteiger partial charge in [0.05, 0.1) is 22.3 Å². The molecule has 0 aliphatic carbocycles. The van der Waals surface area contributed by atoms with Crippen LogP contribution in [-0.2, 0) is 17.9 Å². The van der Waals surface area contributed by atoms with Crippen LogP contribution in [0.3, 0.4) is 0 Å². The van der Waals surface area contributed by atoms with E-state index in [1.165, 1.54) is 16.9 Å². The van der Waals surface area contributed by atoms with E-state index in [2.05, 4.69) is 15.5 Å². The molecule has 0 spiro atoms. The summed E-state index contributed by atoms with van der Waals surface area (Å²) >= 11 is 18.0. The zero-order valence-electron chi connectivity index (χ0n) is 14.5. The van der Waals surface area contributed by atoms with Crippen molar-refractivity contribution in [3.05, 3.63) is 62.5 Å². The molecule has 0 radical (unpaired) electrons. The molecule has 0 bridgehead atoms. The summed E-state index contributed by atoms with van der Waals surface area (Å²) in [4.78, 5) is 12.2. The molecule has 0 saturated carbocycles. The quantitative estimate of drug-likeness (QED) is 0.579. The fourth-order valence-electron chi connectivity index (χ4n) is 2.56. The van der Waals surface area contributed by atoms with Gasteiger partial charge in [-0.3, -0.25) is 14.2 Å². The number of halogens is 5. The van der Waals surface area contributed by atoms with Crippen LogP contribution in [0.5, 0.6) is 0 Å². The number of rotatable bonds is 6. The van der Waals surface area contributed by atoms with E-state index < -0.39 is 12.3 Å². The number of hydrogen-bond donors (Lipinski definition) is 1. The van der Waals surface area contributed by atoms with E-state index in [4.69, 9.17) is 34.8 Å². The predicted octanol–water partition coefficient (Wildman–Crippen LogP) is 4.97. The summed E-state index contributed by atoms with van der Waals surface area (Å²) in [6.45, 7) is 1.53. The zero-order chi connectivity index (χ0) is 20.4. The molecule has 148 valence electrons. The van der Waals surface area contributed by atoms with Crippen LogP contribution in [0.2, 0.25) is 15.1 Å². The van der Waals surface area contributed by atoms with Gasteiger partial charge in [0.1, 0.15) is 17.3 Å². The number of nitrogens with one attached hydrogen (secondary N) is 1. The molecule has 2 aromatic heterocycles. The summed E-state index contributed by atoms with van der Waals surface area (Å²) in [5.74, 6) is -0.458. The molecule has 0 unspecified atom stereocenters. The normalized spacial score (nSPS) is 11.2. The Hall–Kier alpha value is -2.16. The largest absolute Gasteiger partial charge is 0.306 e. The maximum absolute atomic E-state index is 13.0. The standard InChI is InChI=1S/C17H14Cl3F2N5O/c1-9-4-14(16(21)22)27(24-9)8-15(28)23-17-13(20)7-26(25-17)6-10-2-3-11(18)12(19)5-10/h2-5,7,16H,6,8H2,1H3,(H,23,25,28). The van der Waals surface area contributed by atoms with Gasteiger partial charge in [0.25, 0.3) is 6.43 Å². The van der Waals surface area contributed by atoms with Crippen molar-refractivity contribution in [3.63, 3.8) is 0 Å². The summed E-state index contributed by atoms with van der Waals surface area (Å²) in [5.41, 5.74) is 0.899. The minimum absolute atomic E-state index is 0.120. The van der Waals surface area contributed by atoms with Crippen LogP contribution in [0.25, 0.3) is 0 Å². The molecular formula is C17H14Cl3F2N5O. The average Bonchev–Trinajstić information content (AvgIpc) is 3.13. The highest BCUT2D eigenvalue weighted by Gasteiger charge is 2.18. The lowest BCUT2D eigenvalue weighted by atomic mass is 10.2. The number of aromatic nitrogens is 4. The van der Waals surface area contributed by atoms with Crippen LogP contribution in [0, 0.1) is 6.92 Å². The fraction of sp³-hybridized carbons (Fsp3) is 0.235. The second kappa shape index (κ2) is 8.46. The lowest BCUT2D eigenvalue weighted by Crippen LogP contribution is -2.21. The lowest BCUT2D eigenvalue weighted by molar-refractivity contribution is -0.117. The van der Waals surface area contributed by atoms with Crippen molar-refractivity contribution in [1.29, 1.82) is 0 Å². The molecule has 6 nitrogen and oxygen atoms in total. The summed E-state index contributed by atoms with van der Waals surface area (Å²) in [7, 11) is 0. The summed E-state index contributed by atoms with van der Waals surface area (Å²) in [5, 5.41) is 11.7. The van der Waals surface area contributed by atoms with E-state index in [0.29, 0.717) is 22.3 Å². The molecule has 1 N–H and O–H groups in total. The third-order valence-corrected chi connectivity index (χ3v) is 4.77. The van der Waals surface area contributed by atoms with E-state index >= 15 is 0 Å². The number of hydrogen-bond acceptors (Lipinski definition) is 3. The third kappa shape index (κ3) is 4.81. The van der Waals surface area contributed by atoms with E-state index in [1.807, 2.05) is 0 Å². The van der Waals surface area contributed by atoms with Crippen LogP contribution >= 0.6 is 34.8 Å². The van der Waals surface area contributed by atoms with Crippen LogP contribution in [-0.4, -0.2) is 25.5 Å². The average molecular weight is 449 g/mol. The lowest BCUT2D eigenvalue weighted by Gasteiger charge is -2.07. The van der Waals surface area contributed by atoms with Crippen LogP contribution in [0.4, 0.5) is 14.6 Å². The Kier molecular flexibility index (Phi) is 6.22. The van der Waals surface area contributed by atoms with Crippen molar-refractivity contribution in [1.82, 2.24) is 19.6 Å². The predicted molar refractivity (Wildman–Crippen MR) is 103 cm³/mol. The summed E-state index contributed by atoms with van der Waals surface area (Å²) in [6.07, 6.45) is -1.20. The molecule has 0 fully saturated rings. The fourth-order valence-corrected chi connectivity index (χ4v) is 3.08. The Balaban J connectivity index is 1.69. The topological polar surface area (TPSA) is 64.7 Å². The zero-order valence-corrected chi connectivity index (χ0v) is 16.7. The van der Waals surface area contributed by atoms with Crippen LogP contribution < -0.4 is 5.32 Å². The molecule has 0 aliphatic heterocycles. The van der Waals surface area contributed by atoms with Gasteiger partial charge in [0.15, 0.2) is 5.82 Å². The van der Waals surface area contributed by atoms with Gasteiger partial charge in [0, 0.05) is 6.20 Å². The highest BCUT2D eigenvalue weighted by atomic mass is 35.5. The highest BCUT2D eigenvalue weighted by Crippen LogP contribution is 2.25. The third-order valence-electron chi connectivity index (χ3n) is 3.75. The molecular weight excluding hydrogens is 435 g/mol. The highest BCUT2D eigenvalue weighted by molar-refractivity contribution is 6.42. The van der Waals surface area contributed by atoms with Crippen molar-refractivity contribution in [2.45, 2.75) is 26.4 Å². The molecule has 28 heavy (non-hydrogen) atoms. The number of alkyl halides is 2. The van der Waals surface area contributed by atoms with E-state index in [0.717, 1.165) is 10.2 Å². The van der Waals surface area contributed by atoms with Crippen LogP contribution in [0.15, 0.2) is 30.5 Å². The first-order chi connectivity index (χ1) is 13.2. The van der Waals surface area contributed by atoms with Crippen molar-refractivity contribution in [3.8, 4) is 0 Å². The first-order valence-corrected chi connectivity index (χ1v) is 9.15. The van der Waals surface area contributed by atoms with Crippen molar-refractivity contribution >= 4 is 46.5 Å². The van der Waals surface area contributed by atoms with Gasteiger partial charge >= 0.3 is 0 Å². The van der Waals surface area contributed by atoms with Gasteiger partial charge < -0.3 is 5.32 Å². The maximum atomic E-state index is 13.0. The number of benzene rings is 1. The van der Waals surface area contributed by atoms with Gasteiger partial charge in [0.2, 0.25) is 5.91 Å². The molecule has 1 aromatic carbocycles. The Bertz CT molecular complexity index is 1020. The number of nitrogens with zero attached hydrogens (tertiary/aromatic N) is 4. The minimum atomic E-state index is -2.73. The number of anilines is 1. The first kappa shape index (κ1) is 20.6. The van der Waals surface area contributed by atoms with E-state index in [9.17, 15) is 13.6 Å². The number of amides is 1.